The quantitative estimate of drug-likeness (QED) is 0.741. The highest BCUT2D eigenvalue weighted by Crippen LogP contribution is 2.33. The second kappa shape index (κ2) is 4.06. The molecule has 7 heteroatoms. The molecule has 0 unspecified atom stereocenters. The first-order valence-electron chi connectivity index (χ1n) is 3.49. The number of ether oxygens (including phenoxy) is 1. The molecule has 0 saturated carbocycles. The number of halogens is 5. The molecule has 0 saturated heterocycles. The van der Waals surface area contributed by atoms with Gasteiger partial charge in [-0.25, -0.2) is 4.39 Å². The highest BCUT2D eigenvalue weighted by atomic mass is 79.9. The highest BCUT2D eigenvalue weighted by Gasteiger charge is 2.32. The summed E-state index contributed by atoms with van der Waals surface area (Å²) in [4.78, 5) is 0. The van der Waals surface area contributed by atoms with Crippen LogP contribution in [0.2, 0.25) is 0 Å². The minimum Gasteiger partial charge on any atom is -0.405 e. The van der Waals surface area contributed by atoms with Crippen molar-refractivity contribution in [2.45, 2.75) is 6.36 Å². The maximum absolute atomic E-state index is 12.9. The van der Waals surface area contributed by atoms with Crippen LogP contribution in [0, 0.1) is 17.1 Å². The first kappa shape index (κ1) is 11.8. The van der Waals surface area contributed by atoms with E-state index in [1.807, 2.05) is 0 Å². The third-order valence-corrected chi connectivity index (χ3v) is 2.18. The van der Waals surface area contributed by atoms with E-state index in [1.54, 1.807) is 0 Å². The molecule has 15 heavy (non-hydrogen) atoms. The van der Waals surface area contributed by atoms with Crippen molar-refractivity contribution in [1.82, 2.24) is 0 Å². The van der Waals surface area contributed by atoms with Gasteiger partial charge in [-0.3, -0.25) is 0 Å². The number of alkyl halides is 3. The zero-order valence-corrected chi connectivity index (χ0v) is 8.49. The fraction of sp³-hybridized carbons (Fsp3) is 0.125. The van der Waals surface area contributed by atoms with Crippen molar-refractivity contribution < 1.29 is 22.3 Å². The Morgan fingerprint density at radius 2 is 1.93 bits per heavy atom. The molecule has 0 amide bonds. The second-order valence-electron chi connectivity index (χ2n) is 2.39. The molecule has 1 aromatic carbocycles. The Kier molecular flexibility index (Phi) is 3.19. The van der Waals surface area contributed by atoms with Crippen LogP contribution in [0.3, 0.4) is 0 Å². The Hall–Kier alpha value is -1.29. The third-order valence-electron chi connectivity index (χ3n) is 1.39. The predicted octanol–water partition coefficient (Wildman–Crippen LogP) is 3.36. The lowest BCUT2D eigenvalue weighted by atomic mass is 10.2. The summed E-state index contributed by atoms with van der Waals surface area (Å²) in [5.41, 5.74) is -0.531. The molecular formula is C8H2BrF4NO. The molecule has 0 aromatic heterocycles. The highest BCUT2D eigenvalue weighted by molar-refractivity contribution is 9.10. The third kappa shape index (κ3) is 2.83. The average Bonchev–Trinajstić information content (AvgIpc) is 2.09. The molecule has 0 fully saturated rings. The number of hydrogen-bond acceptors (Lipinski definition) is 2. The van der Waals surface area contributed by atoms with Crippen LogP contribution in [0.5, 0.6) is 5.75 Å². The molecule has 0 aliphatic heterocycles. The smallest absolute Gasteiger partial charge is 0.405 e. The van der Waals surface area contributed by atoms with Gasteiger partial charge in [-0.2, -0.15) is 5.26 Å². The van der Waals surface area contributed by atoms with Crippen molar-refractivity contribution in [2.75, 3.05) is 0 Å². The molecule has 0 atom stereocenters. The molecule has 0 spiro atoms. The van der Waals surface area contributed by atoms with Crippen molar-refractivity contribution >= 4 is 15.9 Å². The fourth-order valence-corrected chi connectivity index (χ4v) is 1.33. The molecule has 0 aliphatic rings. The van der Waals surface area contributed by atoms with Crippen molar-refractivity contribution in [2.24, 2.45) is 0 Å². The van der Waals surface area contributed by atoms with E-state index in [4.69, 9.17) is 5.26 Å². The van der Waals surface area contributed by atoms with E-state index in [-0.39, 0.29) is 4.47 Å². The van der Waals surface area contributed by atoms with Crippen molar-refractivity contribution in [3.63, 3.8) is 0 Å². The van der Waals surface area contributed by atoms with Gasteiger partial charge >= 0.3 is 6.36 Å². The lowest BCUT2D eigenvalue weighted by Gasteiger charge is -2.11. The van der Waals surface area contributed by atoms with Crippen molar-refractivity contribution in [1.29, 1.82) is 5.26 Å². The largest absolute Gasteiger partial charge is 0.573 e. The summed E-state index contributed by atoms with van der Waals surface area (Å²) in [6.07, 6.45) is -4.88. The van der Waals surface area contributed by atoms with Crippen LogP contribution in [-0.2, 0) is 0 Å². The normalized spacial score (nSPS) is 10.9. The van der Waals surface area contributed by atoms with Crippen LogP contribution in [0.25, 0.3) is 0 Å². The Bertz CT molecular complexity index is 424. The summed E-state index contributed by atoms with van der Waals surface area (Å²) in [6.45, 7) is 0. The van der Waals surface area contributed by atoms with Crippen LogP contribution in [-0.4, -0.2) is 6.36 Å². The molecule has 0 N–H and O–H groups in total. The summed E-state index contributed by atoms with van der Waals surface area (Å²) in [5.74, 6) is -1.57. The molecule has 0 aliphatic carbocycles. The minimum absolute atomic E-state index is 0.359. The van der Waals surface area contributed by atoms with E-state index in [1.165, 1.54) is 6.07 Å². The Morgan fingerprint density at radius 3 is 2.40 bits per heavy atom. The molecule has 0 heterocycles. The molecule has 0 bridgehead atoms. The number of benzene rings is 1. The van der Waals surface area contributed by atoms with Gasteiger partial charge in [0, 0.05) is 0 Å². The monoisotopic (exact) mass is 283 g/mol. The second-order valence-corrected chi connectivity index (χ2v) is 3.19. The zero-order chi connectivity index (χ0) is 11.6. The summed E-state index contributed by atoms with van der Waals surface area (Å²) in [5, 5.41) is 8.47. The van der Waals surface area contributed by atoms with Crippen LogP contribution in [0.15, 0.2) is 16.6 Å². The van der Waals surface area contributed by atoms with Crippen LogP contribution < -0.4 is 4.74 Å². The van der Waals surface area contributed by atoms with E-state index >= 15 is 0 Å². The molecule has 1 aromatic rings. The van der Waals surface area contributed by atoms with E-state index < -0.39 is 23.5 Å². The lowest BCUT2D eigenvalue weighted by molar-refractivity contribution is -0.274. The first-order valence-corrected chi connectivity index (χ1v) is 4.28. The molecule has 1 rings (SSSR count). The Morgan fingerprint density at radius 1 is 1.33 bits per heavy atom. The van der Waals surface area contributed by atoms with Crippen molar-refractivity contribution in [3.05, 3.63) is 28.0 Å². The van der Waals surface area contributed by atoms with Gasteiger partial charge in [-0.15, -0.1) is 13.2 Å². The standard InChI is InChI=1S/C8H2BrF4NO/c9-7-4(3-14)5(10)1-2-6(7)15-8(11,12)13/h1-2H. The number of nitrogens with zero attached hydrogens (tertiary/aromatic N) is 1. The van der Waals surface area contributed by atoms with Crippen molar-refractivity contribution in [3.8, 4) is 11.8 Å². The molecular weight excluding hydrogens is 282 g/mol. The number of nitriles is 1. The first-order chi connectivity index (χ1) is 6.85. The molecule has 2 nitrogen and oxygen atoms in total. The average molecular weight is 284 g/mol. The van der Waals surface area contributed by atoms with E-state index in [9.17, 15) is 17.6 Å². The number of rotatable bonds is 1. The summed E-state index contributed by atoms with van der Waals surface area (Å²) < 4.78 is 51.6. The SMILES string of the molecule is N#Cc1c(F)ccc(OC(F)(F)F)c1Br. The maximum Gasteiger partial charge on any atom is 0.573 e. The number of hydrogen-bond donors (Lipinski definition) is 0. The summed E-state index contributed by atoms with van der Waals surface area (Å²) in [6, 6.07) is 2.93. The van der Waals surface area contributed by atoms with Gasteiger partial charge in [-0.1, -0.05) is 0 Å². The van der Waals surface area contributed by atoms with E-state index in [2.05, 4.69) is 20.7 Å². The maximum atomic E-state index is 12.9. The van der Waals surface area contributed by atoms with Gasteiger partial charge in [0.15, 0.2) is 0 Å². The van der Waals surface area contributed by atoms with Crippen LogP contribution in [0.1, 0.15) is 5.56 Å². The topological polar surface area (TPSA) is 33.0 Å². The summed E-state index contributed by atoms with van der Waals surface area (Å²) >= 11 is 2.66. The van der Waals surface area contributed by atoms with Gasteiger partial charge in [0.25, 0.3) is 0 Å². The lowest BCUT2D eigenvalue weighted by Crippen LogP contribution is -2.17. The van der Waals surface area contributed by atoms with Gasteiger partial charge in [0.1, 0.15) is 23.2 Å². The Balaban J connectivity index is 3.18. The van der Waals surface area contributed by atoms with Gasteiger partial charge < -0.3 is 4.74 Å². The molecule has 80 valence electrons. The fourth-order valence-electron chi connectivity index (χ4n) is 0.839. The van der Waals surface area contributed by atoms with Gasteiger partial charge in [0.2, 0.25) is 0 Å². The predicted molar refractivity (Wildman–Crippen MR) is 45.5 cm³/mol. The Labute approximate surface area is 90.2 Å². The van der Waals surface area contributed by atoms with E-state index in [0.29, 0.717) is 0 Å². The van der Waals surface area contributed by atoms with E-state index in [0.717, 1.165) is 12.1 Å². The molecule has 0 radical (unpaired) electrons. The van der Waals surface area contributed by atoms with Crippen LogP contribution >= 0.6 is 15.9 Å². The summed E-state index contributed by atoms with van der Waals surface area (Å²) in [7, 11) is 0. The van der Waals surface area contributed by atoms with Gasteiger partial charge in [0.05, 0.1) is 4.47 Å². The minimum atomic E-state index is -4.88. The van der Waals surface area contributed by atoms with Gasteiger partial charge in [-0.05, 0) is 28.1 Å². The zero-order valence-electron chi connectivity index (χ0n) is 6.90. The van der Waals surface area contributed by atoms with Crippen LogP contribution in [0.4, 0.5) is 17.6 Å².